The summed E-state index contributed by atoms with van der Waals surface area (Å²) >= 11 is 3.06. The highest BCUT2D eigenvalue weighted by molar-refractivity contribution is 8.01. The van der Waals surface area contributed by atoms with Crippen LogP contribution in [0.1, 0.15) is 11.3 Å². The normalized spacial score (nSPS) is 12.1. The Labute approximate surface area is 178 Å². The molecule has 29 heavy (non-hydrogen) atoms. The van der Waals surface area contributed by atoms with Gasteiger partial charge in [-0.1, -0.05) is 17.8 Å². The van der Waals surface area contributed by atoms with Gasteiger partial charge in [-0.2, -0.15) is 0 Å². The number of thiazole rings is 1. The zero-order valence-corrected chi connectivity index (χ0v) is 19.1. The number of aromatic nitrogens is 1. The highest BCUT2D eigenvalue weighted by Gasteiger charge is 2.19. The predicted octanol–water partition coefficient (Wildman–Crippen LogP) is 3.62. The molecule has 3 aromatic rings. The largest absolute Gasteiger partial charge is 0.279 e. The van der Waals surface area contributed by atoms with Gasteiger partial charge >= 0.3 is 0 Å². The molecule has 0 atom stereocenters. The van der Waals surface area contributed by atoms with Gasteiger partial charge in [-0.3, -0.25) is 4.72 Å². The maximum absolute atomic E-state index is 12.8. The fourth-order valence-corrected chi connectivity index (χ4v) is 6.36. The highest BCUT2D eigenvalue weighted by atomic mass is 32.2. The van der Waals surface area contributed by atoms with Gasteiger partial charge in [0.05, 0.1) is 15.5 Å². The molecule has 0 saturated heterocycles. The molecule has 1 heterocycles. The Morgan fingerprint density at radius 3 is 2.24 bits per heavy atom. The van der Waals surface area contributed by atoms with Crippen molar-refractivity contribution < 1.29 is 16.8 Å². The van der Waals surface area contributed by atoms with E-state index in [0.717, 1.165) is 26.6 Å². The Kier molecular flexibility index (Phi) is 6.34. The van der Waals surface area contributed by atoms with E-state index >= 15 is 0 Å². The van der Waals surface area contributed by atoms with Gasteiger partial charge < -0.3 is 0 Å². The van der Waals surface area contributed by atoms with Crippen LogP contribution in [0.4, 0.5) is 5.69 Å². The molecule has 2 N–H and O–H groups in total. The van der Waals surface area contributed by atoms with E-state index < -0.39 is 20.0 Å². The minimum Gasteiger partial charge on any atom is -0.279 e. The lowest BCUT2D eigenvalue weighted by atomic mass is 10.2. The number of hydrogen-bond donors (Lipinski definition) is 2. The third kappa shape index (κ3) is 5.17. The molecular weight excluding hydrogens is 450 g/mol. The molecule has 0 bridgehead atoms. The van der Waals surface area contributed by atoms with Gasteiger partial charge in [0.2, 0.25) is 10.0 Å². The predicted molar refractivity (Wildman–Crippen MR) is 116 cm³/mol. The van der Waals surface area contributed by atoms with Gasteiger partial charge in [0, 0.05) is 16.0 Å². The first-order valence-electron chi connectivity index (χ1n) is 8.38. The van der Waals surface area contributed by atoms with Crippen molar-refractivity contribution in [3.8, 4) is 0 Å². The van der Waals surface area contributed by atoms with Crippen LogP contribution < -0.4 is 9.44 Å². The molecule has 2 aromatic carbocycles. The molecule has 0 aliphatic rings. The highest BCUT2D eigenvalue weighted by Crippen LogP contribution is 2.33. The lowest BCUT2D eigenvalue weighted by Crippen LogP contribution is -2.20. The van der Waals surface area contributed by atoms with E-state index in [1.807, 2.05) is 24.4 Å². The van der Waals surface area contributed by atoms with E-state index in [1.165, 1.54) is 37.0 Å². The molecule has 7 nitrogen and oxygen atoms in total. The fourth-order valence-electron chi connectivity index (χ4n) is 2.42. The number of nitrogens with one attached hydrogen (secondary N) is 2. The van der Waals surface area contributed by atoms with E-state index in [1.54, 1.807) is 24.3 Å². The molecule has 0 radical (unpaired) electrons. The summed E-state index contributed by atoms with van der Waals surface area (Å²) in [7, 11) is -6.43. The van der Waals surface area contributed by atoms with E-state index in [0.29, 0.717) is 5.69 Å². The summed E-state index contributed by atoms with van der Waals surface area (Å²) in [5.74, 6) is 0. The average molecular weight is 470 g/mol. The Bertz CT molecular complexity index is 1250. The van der Waals surface area contributed by atoms with E-state index in [-0.39, 0.29) is 9.79 Å². The summed E-state index contributed by atoms with van der Waals surface area (Å²) in [5.41, 5.74) is 2.12. The summed E-state index contributed by atoms with van der Waals surface area (Å²) in [6, 6.07) is 10.6. The monoisotopic (exact) mass is 469 g/mol. The minimum atomic E-state index is -3.95. The number of hydrogen-bond acceptors (Lipinski definition) is 7. The van der Waals surface area contributed by atoms with Crippen LogP contribution >= 0.6 is 23.1 Å². The van der Waals surface area contributed by atoms with Crippen LogP contribution in [0.5, 0.6) is 0 Å². The van der Waals surface area contributed by atoms with Crippen LogP contribution in [0.2, 0.25) is 0 Å². The number of anilines is 1. The van der Waals surface area contributed by atoms with Crippen molar-refractivity contribution in [2.24, 2.45) is 0 Å². The standard InChI is InChI=1S/C18H19N3O4S4/c1-12-9-14(27-18-20-13(2)11-26-18)7-8-17(12)21-29(24,25)16-6-4-5-15(10-16)28(22,23)19-3/h4-11,19,21H,1-3H3. The van der Waals surface area contributed by atoms with E-state index in [4.69, 9.17) is 0 Å². The second kappa shape index (κ2) is 8.44. The quantitative estimate of drug-likeness (QED) is 0.548. The SMILES string of the molecule is CNS(=O)(=O)c1cccc(S(=O)(=O)Nc2ccc(Sc3nc(C)cs3)cc2C)c1. The molecule has 0 spiro atoms. The van der Waals surface area contributed by atoms with Crippen LogP contribution in [-0.4, -0.2) is 28.9 Å². The Morgan fingerprint density at radius 2 is 1.66 bits per heavy atom. The molecule has 0 unspecified atom stereocenters. The fraction of sp³-hybridized carbons (Fsp3) is 0.167. The van der Waals surface area contributed by atoms with Crippen LogP contribution in [-0.2, 0) is 20.0 Å². The first kappa shape index (κ1) is 21.8. The first-order chi connectivity index (χ1) is 13.6. The van der Waals surface area contributed by atoms with E-state index in [2.05, 4.69) is 14.4 Å². The van der Waals surface area contributed by atoms with Gasteiger partial charge in [0.25, 0.3) is 10.0 Å². The summed E-state index contributed by atoms with van der Waals surface area (Å²) in [5, 5.41) is 1.97. The van der Waals surface area contributed by atoms with Crippen molar-refractivity contribution in [3.05, 3.63) is 59.1 Å². The van der Waals surface area contributed by atoms with Gasteiger partial charge in [-0.05, 0) is 62.9 Å². The van der Waals surface area contributed by atoms with Gasteiger partial charge in [-0.15, -0.1) is 11.3 Å². The molecular formula is C18H19N3O4S4. The average Bonchev–Trinajstić information content (AvgIpc) is 3.08. The van der Waals surface area contributed by atoms with Crippen LogP contribution in [0, 0.1) is 13.8 Å². The molecule has 154 valence electrons. The summed E-state index contributed by atoms with van der Waals surface area (Å²) in [6.07, 6.45) is 0. The maximum atomic E-state index is 12.8. The Hall–Kier alpha value is -1.92. The van der Waals surface area contributed by atoms with Crippen molar-refractivity contribution in [3.63, 3.8) is 0 Å². The number of rotatable bonds is 7. The molecule has 11 heteroatoms. The second-order valence-corrected chi connectivity index (χ2v) is 11.9. The molecule has 3 rings (SSSR count). The zero-order chi connectivity index (χ0) is 21.2. The molecule has 0 fully saturated rings. The number of benzene rings is 2. The first-order valence-corrected chi connectivity index (χ1v) is 13.0. The van der Waals surface area contributed by atoms with Crippen LogP contribution in [0.25, 0.3) is 0 Å². The zero-order valence-electron chi connectivity index (χ0n) is 15.8. The van der Waals surface area contributed by atoms with Crippen molar-refractivity contribution in [2.45, 2.75) is 32.9 Å². The smallest absolute Gasteiger partial charge is 0.261 e. The van der Waals surface area contributed by atoms with E-state index in [9.17, 15) is 16.8 Å². The number of nitrogens with zero attached hydrogens (tertiary/aromatic N) is 1. The molecule has 0 saturated carbocycles. The molecule has 1 aromatic heterocycles. The maximum Gasteiger partial charge on any atom is 0.261 e. The van der Waals surface area contributed by atoms with Crippen LogP contribution in [0.15, 0.2) is 66.9 Å². The lowest BCUT2D eigenvalue weighted by molar-refractivity contribution is 0.588. The van der Waals surface area contributed by atoms with Crippen LogP contribution in [0.3, 0.4) is 0 Å². The number of sulfonamides is 2. The summed E-state index contributed by atoms with van der Waals surface area (Å²) in [6.45, 7) is 3.73. The van der Waals surface area contributed by atoms with Crippen molar-refractivity contribution >= 4 is 48.8 Å². The third-order valence-electron chi connectivity index (χ3n) is 3.94. The molecule has 0 aliphatic heterocycles. The number of aryl methyl sites for hydroxylation is 2. The third-order valence-corrected chi connectivity index (χ3v) is 8.76. The van der Waals surface area contributed by atoms with Gasteiger partial charge in [0.15, 0.2) is 4.34 Å². The van der Waals surface area contributed by atoms with Gasteiger partial charge in [0.1, 0.15) is 0 Å². The van der Waals surface area contributed by atoms with Crippen molar-refractivity contribution in [2.75, 3.05) is 11.8 Å². The summed E-state index contributed by atoms with van der Waals surface area (Å²) < 4.78 is 55.0. The Balaban J connectivity index is 1.84. The molecule has 0 aliphatic carbocycles. The topological polar surface area (TPSA) is 105 Å². The Morgan fingerprint density at radius 1 is 0.966 bits per heavy atom. The lowest BCUT2D eigenvalue weighted by Gasteiger charge is -2.12. The van der Waals surface area contributed by atoms with Gasteiger partial charge in [-0.25, -0.2) is 26.5 Å². The van der Waals surface area contributed by atoms with Crippen molar-refractivity contribution in [1.29, 1.82) is 0 Å². The summed E-state index contributed by atoms with van der Waals surface area (Å²) in [4.78, 5) is 5.10. The molecule has 0 amide bonds. The van der Waals surface area contributed by atoms with Crippen molar-refractivity contribution in [1.82, 2.24) is 9.71 Å². The minimum absolute atomic E-state index is 0.120. The second-order valence-electron chi connectivity index (χ2n) is 6.12.